The third kappa shape index (κ3) is 3.81. The highest BCUT2D eigenvalue weighted by atomic mass is 16.5. The highest BCUT2D eigenvalue weighted by Crippen LogP contribution is 2.17. The van der Waals surface area contributed by atoms with Crippen LogP contribution in [-0.4, -0.2) is 44.2 Å². The number of ether oxygens (including phenoxy) is 1. The second-order valence-corrected chi connectivity index (χ2v) is 5.01. The highest BCUT2D eigenvalue weighted by Gasteiger charge is 2.18. The minimum Gasteiger partial charge on any atom is -0.381 e. The maximum absolute atomic E-state index is 11.7. The van der Waals surface area contributed by atoms with Gasteiger partial charge in [0, 0.05) is 38.9 Å². The predicted molar refractivity (Wildman–Crippen MR) is 79.0 cm³/mol. The van der Waals surface area contributed by atoms with Gasteiger partial charge in [0.15, 0.2) is 0 Å². The van der Waals surface area contributed by atoms with Gasteiger partial charge in [-0.2, -0.15) is 0 Å². The van der Waals surface area contributed by atoms with Gasteiger partial charge in [-0.1, -0.05) is 6.08 Å². The van der Waals surface area contributed by atoms with Crippen LogP contribution in [0.1, 0.15) is 16.8 Å². The number of amides is 1. The number of nitrogens with zero attached hydrogens (tertiary/aromatic N) is 2. The van der Waals surface area contributed by atoms with Crippen LogP contribution in [0, 0.1) is 5.92 Å². The van der Waals surface area contributed by atoms with Crippen molar-refractivity contribution in [1.29, 1.82) is 0 Å². The van der Waals surface area contributed by atoms with E-state index in [0.29, 0.717) is 18.0 Å². The molecule has 1 aliphatic rings. The van der Waals surface area contributed by atoms with E-state index in [-0.39, 0.29) is 5.91 Å². The third-order valence-electron chi connectivity index (χ3n) is 3.36. The van der Waals surface area contributed by atoms with Crippen LogP contribution in [0.4, 0.5) is 5.82 Å². The van der Waals surface area contributed by atoms with Gasteiger partial charge >= 0.3 is 0 Å². The van der Waals surface area contributed by atoms with Crippen molar-refractivity contribution >= 4 is 11.7 Å². The van der Waals surface area contributed by atoms with Gasteiger partial charge < -0.3 is 15.0 Å². The van der Waals surface area contributed by atoms with Crippen molar-refractivity contribution in [3.8, 4) is 0 Å². The molecule has 0 bridgehead atoms. The Hall–Kier alpha value is -1.88. The molecule has 1 fully saturated rings. The summed E-state index contributed by atoms with van der Waals surface area (Å²) in [5.74, 6) is 1.31. The lowest BCUT2D eigenvalue weighted by atomic mass is 10.1. The molecule has 0 saturated carbocycles. The zero-order valence-corrected chi connectivity index (χ0v) is 11.8. The average molecular weight is 275 g/mol. The summed E-state index contributed by atoms with van der Waals surface area (Å²) in [4.78, 5) is 18.2. The second kappa shape index (κ2) is 7.05. The molecule has 0 aromatic carbocycles. The van der Waals surface area contributed by atoms with E-state index in [2.05, 4.69) is 21.8 Å². The lowest BCUT2D eigenvalue weighted by molar-refractivity contribution is 0.0957. The summed E-state index contributed by atoms with van der Waals surface area (Å²) in [5, 5.41) is 2.73. The summed E-state index contributed by atoms with van der Waals surface area (Å²) in [7, 11) is 2.01. The van der Waals surface area contributed by atoms with Gasteiger partial charge in [-0.05, 0) is 18.6 Å². The third-order valence-corrected chi connectivity index (χ3v) is 3.36. The first kappa shape index (κ1) is 14.5. The van der Waals surface area contributed by atoms with E-state index in [9.17, 15) is 4.79 Å². The smallest absolute Gasteiger partial charge is 0.253 e. The quantitative estimate of drug-likeness (QED) is 0.799. The molecule has 2 heterocycles. The SMILES string of the molecule is C=CCNC(=O)c1ccc(N(C)C[C@@H]2CCOC2)nc1. The van der Waals surface area contributed by atoms with Crippen LogP contribution < -0.4 is 10.2 Å². The minimum atomic E-state index is -0.129. The highest BCUT2D eigenvalue weighted by molar-refractivity contribution is 5.94. The summed E-state index contributed by atoms with van der Waals surface area (Å²) < 4.78 is 5.37. The molecule has 1 saturated heterocycles. The lowest BCUT2D eigenvalue weighted by Crippen LogP contribution is -2.27. The van der Waals surface area contributed by atoms with Crippen LogP contribution in [-0.2, 0) is 4.74 Å². The number of anilines is 1. The molecule has 0 spiro atoms. The van der Waals surface area contributed by atoms with Crippen molar-refractivity contribution in [1.82, 2.24) is 10.3 Å². The van der Waals surface area contributed by atoms with E-state index in [1.54, 1.807) is 18.3 Å². The van der Waals surface area contributed by atoms with Crippen LogP contribution >= 0.6 is 0 Å². The normalized spacial score (nSPS) is 17.8. The predicted octanol–water partition coefficient (Wildman–Crippen LogP) is 1.47. The summed E-state index contributed by atoms with van der Waals surface area (Å²) >= 11 is 0. The van der Waals surface area contributed by atoms with Gasteiger partial charge in [-0.25, -0.2) is 4.98 Å². The van der Waals surface area contributed by atoms with Gasteiger partial charge in [-0.15, -0.1) is 6.58 Å². The first-order chi connectivity index (χ1) is 9.70. The number of hydrogen-bond acceptors (Lipinski definition) is 4. The van der Waals surface area contributed by atoms with Gasteiger partial charge in [0.05, 0.1) is 12.2 Å². The van der Waals surface area contributed by atoms with Crippen molar-refractivity contribution in [2.24, 2.45) is 5.92 Å². The fourth-order valence-corrected chi connectivity index (χ4v) is 2.22. The van der Waals surface area contributed by atoms with Crippen molar-refractivity contribution in [2.45, 2.75) is 6.42 Å². The first-order valence-electron chi connectivity index (χ1n) is 6.84. The Balaban J connectivity index is 1.92. The van der Waals surface area contributed by atoms with Crippen LogP contribution in [0.5, 0.6) is 0 Å². The van der Waals surface area contributed by atoms with E-state index < -0.39 is 0 Å². The van der Waals surface area contributed by atoms with Crippen LogP contribution in [0.3, 0.4) is 0 Å². The molecule has 1 amide bonds. The van der Waals surface area contributed by atoms with Gasteiger partial charge in [0.1, 0.15) is 5.82 Å². The molecule has 0 aliphatic carbocycles. The Bertz CT molecular complexity index is 453. The van der Waals surface area contributed by atoms with Crippen LogP contribution in [0.2, 0.25) is 0 Å². The molecule has 1 N–H and O–H groups in total. The van der Waals surface area contributed by atoms with E-state index in [1.165, 1.54) is 0 Å². The number of pyridine rings is 1. The fourth-order valence-electron chi connectivity index (χ4n) is 2.22. The van der Waals surface area contributed by atoms with Gasteiger partial charge in [0.2, 0.25) is 0 Å². The molecule has 1 aromatic heterocycles. The summed E-state index contributed by atoms with van der Waals surface area (Å²) in [6, 6.07) is 3.67. The Morgan fingerprint density at radius 2 is 2.50 bits per heavy atom. The molecule has 1 aliphatic heterocycles. The van der Waals surface area contributed by atoms with Gasteiger partial charge in [-0.3, -0.25) is 4.79 Å². The van der Waals surface area contributed by atoms with E-state index >= 15 is 0 Å². The lowest BCUT2D eigenvalue weighted by Gasteiger charge is -2.21. The number of aromatic nitrogens is 1. The molecule has 0 radical (unpaired) electrons. The Kier molecular flexibility index (Phi) is 5.12. The second-order valence-electron chi connectivity index (χ2n) is 5.01. The first-order valence-corrected chi connectivity index (χ1v) is 6.84. The van der Waals surface area contributed by atoms with E-state index in [4.69, 9.17) is 4.74 Å². The van der Waals surface area contributed by atoms with Crippen LogP contribution in [0.25, 0.3) is 0 Å². The molecule has 1 atom stereocenters. The van der Waals surface area contributed by atoms with Crippen LogP contribution in [0.15, 0.2) is 31.0 Å². The summed E-state index contributed by atoms with van der Waals surface area (Å²) in [5.41, 5.74) is 0.563. The molecule has 0 unspecified atom stereocenters. The van der Waals surface area contributed by atoms with E-state index in [1.807, 2.05) is 13.1 Å². The van der Waals surface area contributed by atoms with Gasteiger partial charge in [0.25, 0.3) is 5.91 Å². The summed E-state index contributed by atoms with van der Waals surface area (Å²) in [6.45, 7) is 6.63. The molecular weight excluding hydrogens is 254 g/mol. The number of carbonyl (C=O) groups excluding carboxylic acids is 1. The number of hydrogen-bond donors (Lipinski definition) is 1. The zero-order chi connectivity index (χ0) is 14.4. The number of nitrogens with one attached hydrogen (secondary N) is 1. The summed E-state index contributed by atoms with van der Waals surface area (Å²) in [6.07, 6.45) is 4.36. The maximum Gasteiger partial charge on any atom is 0.253 e. The Labute approximate surface area is 119 Å². The van der Waals surface area contributed by atoms with Crippen molar-refractivity contribution in [3.05, 3.63) is 36.5 Å². The molecule has 1 aromatic rings. The monoisotopic (exact) mass is 275 g/mol. The molecule has 5 heteroatoms. The zero-order valence-electron chi connectivity index (χ0n) is 11.8. The fraction of sp³-hybridized carbons (Fsp3) is 0.467. The van der Waals surface area contributed by atoms with Crippen molar-refractivity contribution < 1.29 is 9.53 Å². The largest absolute Gasteiger partial charge is 0.381 e. The molecule has 108 valence electrons. The number of carbonyl (C=O) groups is 1. The molecular formula is C15H21N3O2. The topological polar surface area (TPSA) is 54.5 Å². The maximum atomic E-state index is 11.7. The molecule has 2 rings (SSSR count). The van der Waals surface area contributed by atoms with Crippen molar-refractivity contribution in [2.75, 3.05) is 38.3 Å². The molecule has 20 heavy (non-hydrogen) atoms. The average Bonchev–Trinajstić information content (AvgIpc) is 2.97. The Morgan fingerprint density at radius 3 is 3.10 bits per heavy atom. The minimum absolute atomic E-state index is 0.129. The number of rotatable bonds is 6. The standard InChI is InChI=1S/C15H21N3O2/c1-3-7-16-15(19)13-4-5-14(17-9-13)18(2)10-12-6-8-20-11-12/h3-5,9,12H,1,6-8,10-11H2,2H3,(H,16,19)/t12-/m0/s1. The Morgan fingerprint density at radius 1 is 1.65 bits per heavy atom. The van der Waals surface area contributed by atoms with Crippen molar-refractivity contribution in [3.63, 3.8) is 0 Å². The molecule has 5 nitrogen and oxygen atoms in total. The van der Waals surface area contributed by atoms with E-state index in [0.717, 1.165) is 32.0 Å².